The van der Waals surface area contributed by atoms with Gasteiger partial charge in [-0.05, 0) is 135 Å². The highest BCUT2D eigenvalue weighted by molar-refractivity contribution is 6.04. The van der Waals surface area contributed by atoms with Crippen LogP contribution < -0.4 is 0 Å². The molecule has 14 aromatic rings. The van der Waals surface area contributed by atoms with Gasteiger partial charge in [0, 0.05) is 22.5 Å². The summed E-state index contributed by atoms with van der Waals surface area (Å²) in [6, 6.07) is 87.4. The van der Waals surface area contributed by atoms with Gasteiger partial charge in [0.1, 0.15) is 6.07 Å². The molecular formula is C70H47N7. The van der Waals surface area contributed by atoms with E-state index < -0.39 is 0 Å². The zero-order valence-corrected chi connectivity index (χ0v) is 42.1. The summed E-state index contributed by atoms with van der Waals surface area (Å²) >= 11 is 0. The summed E-state index contributed by atoms with van der Waals surface area (Å²) in [6.07, 6.45) is 4.12. The second kappa shape index (κ2) is 18.4. The Labute approximate surface area is 445 Å². The normalized spacial score (nSPS) is 11.8. The molecule has 0 spiro atoms. The molecule has 0 aliphatic carbocycles. The molecule has 10 aromatic carbocycles. The molecule has 0 unspecified atom stereocenters. The average molecular weight is 986 g/mol. The molecule has 0 aliphatic heterocycles. The molecule has 4 heterocycles. The SMILES string of the molecule is C=C/C(=C\c1c(C)nc2n(-c3ccccc3)c3ccc(-c4ccccc4)cc3n12)c1cc(-c2ccc3nc4n(-c5ccccc5)c5ccc(-c6ccccc6)cc5n4c3c2)c(-c2ccccc2)c(C#N)c1-c1ccccc1. The van der Waals surface area contributed by atoms with Crippen LogP contribution in [0.2, 0.25) is 0 Å². The summed E-state index contributed by atoms with van der Waals surface area (Å²) in [5.74, 6) is 1.61. The standard InChI is InChI=1S/C70H47N7/c1-3-47(40-63-46(2)72-69-74(55-30-18-8-19-31-55)61-38-35-52(41-65(61)76(63)69)48-22-10-4-11-23-48)57-44-58(68(51-28-16-7-17-29-51)59(45-71)67(57)50-26-14-6-15-27-50)54-34-37-60-64(43-54)77-66-42-53(49-24-12-5-13-25-49)36-39-62(66)75(70(77)73-60)56-32-20-9-21-33-56/h3-44H,1H2,2H3/b47-40+. The molecule has 77 heavy (non-hydrogen) atoms. The highest BCUT2D eigenvalue weighted by atomic mass is 15.2. The maximum atomic E-state index is 11.8. The second-order valence-electron chi connectivity index (χ2n) is 19.4. The fourth-order valence-electron chi connectivity index (χ4n) is 11.4. The van der Waals surface area contributed by atoms with Gasteiger partial charge in [-0.15, -0.1) is 0 Å². The van der Waals surface area contributed by atoms with E-state index in [1.807, 2.05) is 60.7 Å². The van der Waals surface area contributed by atoms with Crippen molar-refractivity contribution in [2.75, 3.05) is 0 Å². The van der Waals surface area contributed by atoms with E-state index in [1.54, 1.807) is 0 Å². The van der Waals surface area contributed by atoms with Gasteiger partial charge in [-0.1, -0.05) is 189 Å². The number of aromatic nitrogens is 6. The molecule has 0 N–H and O–H groups in total. The van der Waals surface area contributed by atoms with Crippen molar-refractivity contribution >= 4 is 56.3 Å². The minimum absolute atomic E-state index is 0.567. The molecule has 0 saturated heterocycles. The van der Waals surface area contributed by atoms with Gasteiger partial charge in [-0.3, -0.25) is 17.9 Å². The van der Waals surface area contributed by atoms with E-state index in [0.717, 1.165) is 134 Å². The number of hydrogen-bond donors (Lipinski definition) is 0. The van der Waals surface area contributed by atoms with Gasteiger partial charge in [0.05, 0.1) is 50.1 Å². The minimum atomic E-state index is 0.567. The van der Waals surface area contributed by atoms with E-state index in [0.29, 0.717) is 5.56 Å². The Morgan fingerprint density at radius 3 is 1.42 bits per heavy atom. The third-order valence-corrected chi connectivity index (χ3v) is 15.0. The predicted octanol–water partition coefficient (Wildman–Crippen LogP) is 17.3. The van der Waals surface area contributed by atoms with Crippen LogP contribution in [0.25, 0.3) is 123 Å². The summed E-state index contributed by atoms with van der Waals surface area (Å²) in [7, 11) is 0. The number of benzene rings is 10. The van der Waals surface area contributed by atoms with E-state index in [4.69, 9.17) is 9.97 Å². The minimum Gasteiger partial charge on any atom is -0.278 e. The van der Waals surface area contributed by atoms with Crippen LogP contribution in [0.3, 0.4) is 0 Å². The van der Waals surface area contributed by atoms with Gasteiger partial charge in [0.2, 0.25) is 11.6 Å². The van der Waals surface area contributed by atoms with Crippen LogP contribution in [0.4, 0.5) is 0 Å². The van der Waals surface area contributed by atoms with Crippen molar-refractivity contribution in [2.45, 2.75) is 6.92 Å². The van der Waals surface area contributed by atoms with Gasteiger partial charge >= 0.3 is 0 Å². The smallest absolute Gasteiger partial charge is 0.220 e. The zero-order valence-electron chi connectivity index (χ0n) is 42.1. The molecule has 0 radical (unpaired) electrons. The summed E-state index contributed by atoms with van der Waals surface area (Å²) < 4.78 is 9.05. The van der Waals surface area contributed by atoms with E-state index >= 15 is 0 Å². The number of nitriles is 1. The highest BCUT2D eigenvalue weighted by Gasteiger charge is 2.26. The third-order valence-electron chi connectivity index (χ3n) is 15.0. The Bertz CT molecular complexity index is 4670. The summed E-state index contributed by atoms with van der Waals surface area (Å²) in [5, 5.41) is 11.8. The lowest BCUT2D eigenvalue weighted by atomic mass is 9.81. The topological polar surface area (TPSA) is 68.2 Å². The first kappa shape index (κ1) is 45.1. The molecule has 7 heteroatoms. The maximum Gasteiger partial charge on any atom is 0.220 e. The van der Waals surface area contributed by atoms with Crippen LogP contribution >= 0.6 is 0 Å². The van der Waals surface area contributed by atoms with E-state index in [2.05, 4.69) is 232 Å². The first-order chi connectivity index (χ1) is 38.0. The van der Waals surface area contributed by atoms with Crippen LogP contribution in [0.5, 0.6) is 0 Å². The number of rotatable bonds is 10. The number of nitrogens with zero attached hydrogens (tertiary/aromatic N) is 7. The monoisotopic (exact) mass is 985 g/mol. The lowest BCUT2D eigenvalue weighted by Gasteiger charge is -2.21. The van der Waals surface area contributed by atoms with E-state index in [1.165, 1.54) is 0 Å². The number of imidazole rings is 4. The molecular weight excluding hydrogens is 939 g/mol. The Morgan fingerprint density at radius 1 is 0.442 bits per heavy atom. The van der Waals surface area contributed by atoms with Crippen molar-refractivity contribution in [1.29, 1.82) is 5.26 Å². The van der Waals surface area contributed by atoms with Gasteiger partial charge < -0.3 is 0 Å². The van der Waals surface area contributed by atoms with Crippen LogP contribution in [0.15, 0.2) is 255 Å². The number of aryl methyl sites for hydroxylation is 1. The summed E-state index contributed by atoms with van der Waals surface area (Å²) in [4.78, 5) is 10.7. The molecule has 0 saturated carbocycles. The molecule has 362 valence electrons. The number of hydrogen-bond acceptors (Lipinski definition) is 3. The quantitative estimate of drug-likeness (QED) is 0.128. The average Bonchev–Trinajstić information content (AvgIpc) is 4.24. The molecule has 7 nitrogen and oxygen atoms in total. The second-order valence-corrected chi connectivity index (χ2v) is 19.4. The van der Waals surface area contributed by atoms with Gasteiger partial charge in [0.15, 0.2) is 0 Å². The Balaban J connectivity index is 1.05. The van der Waals surface area contributed by atoms with E-state index in [-0.39, 0.29) is 0 Å². The molecule has 0 bridgehead atoms. The Kier molecular flexibility index (Phi) is 10.8. The molecule has 0 aliphatic rings. The number of para-hydroxylation sites is 2. The third kappa shape index (κ3) is 7.42. The lowest BCUT2D eigenvalue weighted by molar-refractivity contribution is 1.09. The van der Waals surface area contributed by atoms with Crippen molar-refractivity contribution < 1.29 is 0 Å². The fraction of sp³-hybridized carbons (Fsp3) is 0.0143. The summed E-state index contributed by atoms with van der Waals surface area (Å²) in [5.41, 5.74) is 21.9. The number of allylic oxidation sites excluding steroid dienone is 2. The van der Waals surface area contributed by atoms with Crippen LogP contribution in [-0.4, -0.2) is 27.9 Å². The summed E-state index contributed by atoms with van der Waals surface area (Å²) in [6.45, 7) is 6.60. The Morgan fingerprint density at radius 2 is 0.896 bits per heavy atom. The van der Waals surface area contributed by atoms with Gasteiger partial charge in [0.25, 0.3) is 0 Å². The fourth-order valence-corrected chi connectivity index (χ4v) is 11.4. The molecule has 14 rings (SSSR count). The molecule has 4 aromatic heterocycles. The first-order valence-electron chi connectivity index (χ1n) is 25.8. The zero-order chi connectivity index (χ0) is 51.6. The molecule has 0 amide bonds. The van der Waals surface area contributed by atoms with Crippen molar-refractivity contribution in [1.82, 2.24) is 27.9 Å². The molecule has 0 atom stereocenters. The van der Waals surface area contributed by atoms with Crippen molar-refractivity contribution in [3.63, 3.8) is 0 Å². The predicted molar refractivity (Wildman–Crippen MR) is 316 cm³/mol. The largest absolute Gasteiger partial charge is 0.278 e. The maximum absolute atomic E-state index is 11.8. The van der Waals surface area contributed by atoms with Gasteiger partial charge in [-0.2, -0.15) is 5.26 Å². The number of fused-ring (bicyclic) bond motifs is 8. The molecule has 0 fully saturated rings. The van der Waals surface area contributed by atoms with E-state index in [9.17, 15) is 5.26 Å². The van der Waals surface area contributed by atoms with Crippen LogP contribution in [-0.2, 0) is 0 Å². The first-order valence-corrected chi connectivity index (χ1v) is 25.8. The van der Waals surface area contributed by atoms with Crippen LogP contribution in [0.1, 0.15) is 22.5 Å². The Hall–Kier alpha value is -10.6. The highest BCUT2D eigenvalue weighted by Crippen LogP contribution is 2.46. The lowest BCUT2D eigenvalue weighted by Crippen LogP contribution is -2.00. The van der Waals surface area contributed by atoms with Crippen molar-refractivity contribution in [3.05, 3.63) is 278 Å². The van der Waals surface area contributed by atoms with Crippen molar-refractivity contribution in [2.24, 2.45) is 0 Å². The van der Waals surface area contributed by atoms with Gasteiger partial charge in [-0.25, -0.2) is 9.97 Å². The van der Waals surface area contributed by atoms with Crippen LogP contribution in [0, 0.1) is 18.3 Å². The van der Waals surface area contributed by atoms with Crippen molar-refractivity contribution in [3.8, 4) is 73.1 Å².